The third kappa shape index (κ3) is 3.40. The predicted molar refractivity (Wildman–Crippen MR) is 86.7 cm³/mol. The first-order valence-electron chi connectivity index (χ1n) is 8.47. The molecule has 4 nitrogen and oxygen atoms in total. The van der Waals surface area contributed by atoms with Crippen LogP contribution in [0.2, 0.25) is 0 Å². The van der Waals surface area contributed by atoms with E-state index in [1.807, 2.05) is 6.07 Å². The van der Waals surface area contributed by atoms with Crippen molar-refractivity contribution in [3.05, 3.63) is 35.6 Å². The lowest BCUT2D eigenvalue weighted by Gasteiger charge is -2.39. The second-order valence-corrected chi connectivity index (χ2v) is 6.75. The van der Waals surface area contributed by atoms with E-state index in [1.54, 1.807) is 6.07 Å². The van der Waals surface area contributed by atoms with Gasteiger partial charge in [-0.25, -0.2) is 4.39 Å². The second kappa shape index (κ2) is 6.97. The Bertz CT molecular complexity index is 558. The van der Waals surface area contributed by atoms with Gasteiger partial charge in [-0.15, -0.1) is 0 Å². The number of hydrogen-bond acceptors (Lipinski definition) is 3. The number of piperidine rings is 1. The number of carbonyl (C=O) groups excluding carboxylic acids is 1. The number of amides is 1. The quantitative estimate of drug-likeness (QED) is 0.895. The average molecular weight is 320 g/mol. The highest BCUT2D eigenvalue weighted by Crippen LogP contribution is 2.36. The van der Waals surface area contributed by atoms with Gasteiger partial charge in [-0.05, 0) is 49.4 Å². The van der Waals surface area contributed by atoms with Crippen molar-refractivity contribution in [3.8, 4) is 0 Å². The molecule has 0 aliphatic carbocycles. The van der Waals surface area contributed by atoms with Crippen molar-refractivity contribution in [2.24, 2.45) is 5.92 Å². The van der Waals surface area contributed by atoms with Crippen LogP contribution in [0.5, 0.6) is 0 Å². The van der Waals surface area contributed by atoms with Gasteiger partial charge in [0.2, 0.25) is 5.91 Å². The summed E-state index contributed by atoms with van der Waals surface area (Å²) in [5, 5.41) is 6.55. The molecule has 2 aliphatic heterocycles. The summed E-state index contributed by atoms with van der Waals surface area (Å²) in [7, 11) is 0. The number of ether oxygens (including phenoxy) is 1. The van der Waals surface area contributed by atoms with Gasteiger partial charge < -0.3 is 15.4 Å². The summed E-state index contributed by atoms with van der Waals surface area (Å²) in [4.78, 5) is 13.1. The van der Waals surface area contributed by atoms with Crippen molar-refractivity contribution in [2.75, 3.05) is 26.3 Å². The predicted octanol–water partition coefficient (Wildman–Crippen LogP) is 1.99. The van der Waals surface area contributed by atoms with Crippen molar-refractivity contribution >= 4 is 5.91 Å². The highest BCUT2D eigenvalue weighted by molar-refractivity contribution is 5.88. The summed E-state index contributed by atoms with van der Waals surface area (Å²) in [5.74, 6) is 0.158. The molecule has 2 fully saturated rings. The van der Waals surface area contributed by atoms with E-state index in [2.05, 4.69) is 17.6 Å². The molecule has 3 rings (SSSR count). The first-order chi connectivity index (χ1) is 11.1. The minimum Gasteiger partial charge on any atom is -0.381 e. The van der Waals surface area contributed by atoms with Gasteiger partial charge in [0, 0.05) is 25.8 Å². The molecule has 2 heterocycles. The van der Waals surface area contributed by atoms with Gasteiger partial charge >= 0.3 is 0 Å². The zero-order valence-corrected chi connectivity index (χ0v) is 13.6. The van der Waals surface area contributed by atoms with Crippen molar-refractivity contribution in [3.63, 3.8) is 0 Å². The maximum atomic E-state index is 13.7. The standard InChI is InChI=1S/C18H25FN2O2/c1-13-5-8-20-12-16(13)21-17(22)18(6-9-23-10-7-18)14-3-2-4-15(19)11-14/h2-4,11,13,16,20H,5-10,12H2,1H3,(H,21,22). The van der Waals surface area contributed by atoms with E-state index in [0.29, 0.717) is 32.0 Å². The van der Waals surface area contributed by atoms with Crippen molar-refractivity contribution < 1.29 is 13.9 Å². The lowest BCUT2D eigenvalue weighted by molar-refractivity contribution is -0.131. The van der Waals surface area contributed by atoms with Crippen LogP contribution in [-0.2, 0) is 14.9 Å². The number of rotatable bonds is 3. The van der Waals surface area contributed by atoms with Gasteiger partial charge in [0.25, 0.3) is 0 Å². The molecule has 0 aromatic heterocycles. The fourth-order valence-corrected chi connectivity index (χ4v) is 3.64. The third-order valence-electron chi connectivity index (χ3n) is 5.30. The molecule has 2 saturated heterocycles. The van der Waals surface area contributed by atoms with E-state index in [0.717, 1.165) is 25.1 Å². The zero-order valence-electron chi connectivity index (χ0n) is 13.6. The number of benzene rings is 1. The maximum Gasteiger partial charge on any atom is 0.231 e. The first kappa shape index (κ1) is 16.4. The van der Waals surface area contributed by atoms with Crippen LogP contribution in [0.15, 0.2) is 24.3 Å². The average Bonchev–Trinajstić information content (AvgIpc) is 2.57. The van der Waals surface area contributed by atoms with Crippen molar-refractivity contribution in [2.45, 2.75) is 37.6 Å². The van der Waals surface area contributed by atoms with Crippen LogP contribution in [0.1, 0.15) is 31.7 Å². The summed E-state index contributed by atoms with van der Waals surface area (Å²) in [6.07, 6.45) is 2.24. The van der Waals surface area contributed by atoms with E-state index in [-0.39, 0.29) is 17.8 Å². The van der Waals surface area contributed by atoms with Gasteiger partial charge in [0.15, 0.2) is 0 Å². The number of nitrogens with one attached hydrogen (secondary N) is 2. The van der Waals surface area contributed by atoms with Crippen LogP contribution >= 0.6 is 0 Å². The molecular weight excluding hydrogens is 295 g/mol. The molecule has 1 aromatic carbocycles. The van der Waals surface area contributed by atoms with Crippen LogP contribution < -0.4 is 10.6 Å². The van der Waals surface area contributed by atoms with E-state index >= 15 is 0 Å². The molecule has 0 spiro atoms. The maximum absolute atomic E-state index is 13.7. The summed E-state index contributed by atoms with van der Waals surface area (Å²) in [6, 6.07) is 6.58. The Morgan fingerprint density at radius 2 is 2.17 bits per heavy atom. The van der Waals surface area contributed by atoms with Crippen molar-refractivity contribution in [1.29, 1.82) is 0 Å². The number of carbonyl (C=O) groups is 1. The fraction of sp³-hybridized carbons (Fsp3) is 0.611. The largest absolute Gasteiger partial charge is 0.381 e. The Morgan fingerprint density at radius 3 is 2.87 bits per heavy atom. The smallest absolute Gasteiger partial charge is 0.231 e. The topological polar surface area (TPSA) is 50.4 Å². The van der Waals surface area contributed by atoms with Crippen LogP contribution in [0.3, 0.4) is 0 Å². The Balaban J connectivity index is 1.84. The zero-order chi connectivity index (χ0) is 16.3. The summed E-state index contributed by atoms with van der Waals surface area (Å²) < 4.78 is 19.2. The minimum atomic E-state index is -0.683. The molecule has 2 atom stereocenters. The normalized spacial score (nSPS) is 27.4. The van der Waals surface area contributed by atoms with Gasteiger partial charge in [-0.3, -0.25) is 4.79 Å². The minimum absolute atomic E-state index is 0.00644. The van der Waals surface area contributed by atoms with E-state index in [9.17, 15) is 9.18 Å². The monoisotopic (exact) mass is 320 g/mol. The highest BCUT2D eigenvalue weighted by atomic mass is 19.1. The summed E-state index contributed by atoms with van der Waals surface area (Å²) in [5.41, 5.74) is 0.0760. The highest BCUT2D eigenvalue weighted by Gasteiger charge is 2.43. The molecule has 1 aromatic rings. The first-order valence-corrected chi connectivity index (χ1v) is 8.47. The molecule has 0 radical (unpaired) electrons. The second-order valence-electron chi connectivity index (χ2n) is 6.75. The molecule has 23 heavy (non-hydrogen) atoms. The molecule has 2 N–H and O–H groups in total. The third-order valence-corrected chi connectivity index (χ3v) is 5.30. The molecule has 1 amide bonds. The summed E-state index contributed by atoms with van der Waals surface area (Å²) >= 11 is 0. The number of halogens is 1. The van der Waals surface area contributed by atoms with E-state index in [4.69, 9.17) is 4.74 Å². The summed E-state index contributed by atoms with van der Waals surface area (Å²) in [6.45, 7) is 5.02. The van der Waals surface area contributed by atoms with Gasteiger partial charge in [0.1, 0.15) is 5.82 Å². The molecular formula is C18H25FN2O2. The van der Waals surface area contributed by atoms with E-state index in [1.165, 1.54) is 12.1 Å². The molecule has 0 bridgehead atoms. The lowest BCUT2D eigenvalue weighted by atomic mass is 9.73. The SMILES string of the molecule is CC1CCNCC1NC(=O)C1(c2cccc(F)c2)CCOCC1. The van der Waals surface area contributed by atoms with Crippen LogP contribution in [0.4, 0.5) is 4.39 Å². The Kier molecular flexibility index (Phi) is 4.97. The van der Waals surface area contributed by atoms with Gasteiger partial charge in [-0.2, -0.15) is 0 Å². The molecule has 5 heteroatoms. The van der Waals surface area contributed by atoms with Crippen LogP contribution in [-0.4, -0.2) is 38.3 Å². The lowest BCUT2D eigenvalue weighted by Crippen LogP contribution is -2.56. The Hall–Kier alpha value is -1.46. The molecule has 2 aliphatic rings. The fourth-order valence-electron chi connectivity index (χ4n) is 3.64. The Morgan fingerprint density at radius 1 is 1.39 bits per heavy atom. The van der Waals surface area contributed by atoms with E-state index < -0.39 is 5.41 Å². The molecule has 126 valence electrons. The van der Waals surface area contributed by atoms with Gasteiger partial charge in [0.05, 0.1) is 5.41 Å². The molecule has 0 saturated carbocycles. The molecule has 2 unspecified atom stereocenters. The number of hydrogen-bond donors (Lipinski definition) is 2. The van der Waals surface area contributed by atoms with Crippen molar-refractivity contribution in [1.82, 2.24) is 10.6 Å². The van der Waals surface area contributed by atoms with Gasteiger partial charge in [-0.1, -0.05) is 19.1 Å². The van der Waals surface area contributed by atoms with Crippen LogP contribution in [0.25, 0.3) is 0 Å². The van der Waals surface area contributed by atoms with Crippen LogP contribution in [0, 0.1) is 11.7 Å². The Labute approximate surface area is 136 Å².